The normalized spacial score (nSPS) is 12.9. The molecule has 0 spiro atoms. The van der Waals surface area contributed by atoms with Gasteiger partial charge in [-0.2, -0.15) is 0 Å². The third kappa shape index (κ3) is 2.18. The Bertz CT molecular complexity index is 419. The second-order valence-electron chi connectivity index (χ2n) is 3.82. The van der Waals surface area contributed by atoms with Crippen molar-refractivity contribution < 1.29 is 0 Å². The highest BCUT2D eigenvalue weighted by Gasteiger charge is 2.15. The van der Waals surface area contributed by atoms with Gasteiger partial charge in [0, 0.05) is 17.6 Å². The zero-order chi connectivity index (χ0) is 11.4. The first-order valence-electron chi connectivity index (χ1n) is 5.61. The van der Waals surface area contributed by atoms with E-state index >= 15 is 0 Å². The fraction of sp³-hybridized carbons (Fsp3) is 0.417. The van der Waals surface area contributed by atoms with Crippen LogP contribution in [-0.4, -0.2) is 9.55 Å². The van der Waals surface area contributed by atoms with E-state index in [1.165, 1.54) is 4.88 Å². The van der Waals surface area contributed by atoms with Crippen LogP contribution in [0.2, 0.25) is 0 Å². The van der Waals surface area contributed by atoms with E-state index in [4.69, 9.17) is 5.73 Å². The number of thiophene rings is 1. The first kappa shape index (κ1) is 11.4. The molecule has 2 rings (SSSR count). The molecule has 2 N–H and O–H groups in total. The van der Waals surface area contributed by atoms with Gasteiger partial charge in [-0.25, -0.2) is 4.98 Å². The summed E-state index contributed by atoms with van der Waals surface area (Å²) in [6.45, 7) is 2.76. The van der Waals surface area contributed by atoms with E-state index in [1.54, 1.807) is 11.3 Å². The smallest absolute Gasteiger partial charge is 0.0954 e. The highest BCUT2D eigenvalue weighted by atomic mass is 32.1. The highest BCUT2D eigenvalue weighted by molar-refractivity contribution is 7.10. The van der Waals surface area contributed by atoms with E-state index in [2.05, 4.69) is 34.0 Å². The fourth-order valence-electron chi connectivity index (χ4n) is 1.94. The molecule has 1 unspecified atom stereocenters. The third-order valence-corrected chi connectivity index (χ3v) is 3.70. The Morgan fingerprint density at radius 3 is 3.06 bits per heavy atom. The summed E-state index contributed by atoms with van der Waals surface area (Å²) in [5.41, 5.74) is 6.83. The minimum atomic E-state index is 0.394. The van der Waals surface area contributed by atoms with Crippen molar-refractivity contribution in [2.24, 2.45) is 5.73 Å². The Balaban J connectivity index is 2.33. The predicted octanol–water partition coefficient (Wildman–Crippen LogP) is 2.79. The molecule has 1 atom stereocenters. The van der Waals surface area contributed by atoms with Crippen LogP contribution in [0.3, 0.4) is 0 Å². The van der Waals surface area contributed by atoms with Gasteiger partial charge in [0.1, 0.15) is 0 Å². The summed E-state index contributed by atoms with van der Waals surface area (Å²) in [6, 6.07) is 4.68. The number of nitrogens with zero attached hydrogens (tertiary/aromatic N) is 2. The summed E-state index contributed by atoms with van der Waals surface area (Å²) >= 11 is 1.80. The molecule has 2 heterocycles. The van der Waals surface area contributed by atoms with Crippen molar-refractivity contribution in [2.45, 2.75) is 32.4 Å². The van der Waals surface area contributed by atoms with E-state index in [1.807, 2.05) is 12.5 Å². The van der Waals surface area contributed by atoms with Gasteiger partial charge in [-0.15, -0.1) is 11.3 Å². The van der Waals surface area contributed by atoms with Gasteiger partial charge in [0.15, 0.2) is 0 Å². The Morgan fingerprint density at radius 1 is 1.56 bits per heavy atom. The van der Waals surface area contributed by atoms with E-state index < -0.39 is 0 Å². The van der Waals surface area contributed by atoms with Gasteiger partial charge in [0.05, 0.1) is 18.1 Å². The molecule has 0 aliphatic heterocycles. The first-order valence-corrected chi connectivity index (χ1v) is 6.49. The highest BCUT2D eigenvalue weighted by Crippen LogP contribution is 2.28. The van der Waals surface area contributed by atoms with Crippen LogP contribution < -0.4 is 5.73 Å². The molecule has 0 aliphatic rings. The molecule has 4 heteroatoms. The van der Waals surface area contributed by atoms with Crippen molar-refractivity contribution in [3.63, 3.8) is 0 Å². The fourth-order valence-corrected chi connectivity index (χ4v) is 2.80. The zero-order valence-electron chi connectivity index (χ0n) is 9.47. The van der Waals surface area contributed by atoms with Crippen LogP contribution in [0, 0.1) is 0 Å². The number of aromatic nitrogens is 2. The molecule has 0 saturated heterocycles. The molecule has 0 saturated carbocycles. The lowest BCUT2D eigenvalue weighted by atomic mass is 10.1. The lowest BCUT2D eigenvalue weighted by molar-refractivity contribution is 0.524. The number of hydrogen-bond acceptors (Lipinski definition) is 3. The maximum atomic E-state index is 5.72. The number of hydrogen-bond donors (Lipinski definition) is 1. The molecular weight excluding hydrogens is 218 g/mol. The Labute approximate surface area is 99.9 Å². The van der Waals surface area contributed by atoms with Crippen molar-refractivity contribution in [1.29, 1.82) is 0 Å². The van der Waals surface area contributed by atoms with Crippen molar-refractivity contribution in [3.8, 4) is 0 Å². The van der Waals surface area contributed by atoms with Gasteiger partial charge in [0.2, 0.25) is 0 Å². The van der Waals surface area contributed by atoms with Gasteiger partial charge in [-0.05, 0) is 17.9 Å². The lowest BCUT2D eigenvalue weighted by Gasteiger charge is -2.18. The minimum Gasteiger partial charge on any atom is -0.325 e. The van der Waals surface area contributed by atoms with Crippen LogP contribution in [0.5, 0.6) is 0 Å². The van der Waals surface area contributed by atoms with Gasteiger partial charge in [0.25, 0.3) is 0 Å². The monoisotopic (exact) mass is 235 g/mol. The van der Waals surface area contributed by atoms with Crippen molar-refractivity contribution in [3.05, 3.63) is 40.6 Å². The van der Waals surface area contributed by atoms with E-state index in [0.717, 1.165) is 18.5 Å². The summed E-state index contributed by atoms with van der Waals surface area (Å²) in [7, 11) is 0. The lowest BCUT2D eigenvalue weighted by Crippen LogP contribution is -2.13. The minimum absolute atomic E-state index is 0.394. The van der Waals surface area contributed by atoms with Crippen molar-refractivity contribution in [1.82, 2.24) is 9.55 Å². The molecular formula is C12H17N3S. The van der Waals surface area contributed by atoms with E-state index in [0.29, 0.717) is 12.6 Å². The molecule has 0 fully saturated rings. The molecule has 2 aromatic heterocycles. The van der Waals surface area contributed by atoms with Crippen LogP contribution in [0.25, 0.3) is 0 Å². The SMILES string of the molecule is CCCC(c1cccs1)n1cncc1CN. The van der Waals surface area contributed by atoms with Crippen LogP contribution in [0.1, 0.15) is 36.4 Å². The second kappa shape index (κ2) is 5.27. The third-order valence-electron chi connectivity index (χ3n) is 2.72. The molecule has 0 radical (unpaired) electrons. The van der Waals surface area contributed by atoms with Gasteiger partial charge >= 0.3 is 0 Å². The Morgan fingerprint density at radius 2 is 2.44 bits per heavy atom. The summed E-state index contributed by atoms with van der Waals surface area (Å²) < 4.78 is 2.20. The van der Waals surface area contributed by atoms with Gasteiger partial charge in [-0.3, -0.25) is 0 Å². The molecule has 3 nitrogen and oxygen atoms in total. The predicted molar refractivity (Wildman–Crippen MR) is 67.5 cm³/mol. The van der Waals surface area contributed by atoms with Crippen LogP contribution in [0.4, 0.5) is 0 Å². The molecule has 16 heavy (non-hydrogen) atoms. The summed E-state index contributed by atoms with van der Waals surface area (Å²) in [5.74, 6) is 0. The van der Waals surface area contributed by atoms with E-state index in [-0.39, 0.29) is 0 Å². The number of imidazole rings is 1. The van der Waals surface area contributed by atoms with Gasteiger partial charge in [-0.1, -0.05) is 19.4 Å². The molecule has 0 aliphatic carbocycles. The summed E-state index contributed by atoms with van der Waals surface area (Å²) in [6.07, 6.45) is 6.03. The van der Waals surface area contributed by atoms with Gasteiger partial charge < -0.3 is 10.3 Å². The Hall–Kier alpha value is -1.13. The summed E-state index contributed by atoms with van der Waals surface area (Å²) in [5, 5.41) is 2.12. The standard InChI is InChI=1S/C12H17N3S/c1-2-4-11(12-5-3-6-16-12)15-9-14-8-10(15)7-13/h3,5-6,8-9,11H,2,4,7,13H2,1H3. The second-order valence-corrected chi connectivity index (χ2v) is 4.80. The average Bonchev–Trinajstić information content (AvgIpc) is 2.96. The maximum absolute atomic E-state index is 5.72. The maximum Gasteiger partial charge on any atom is 0.0954 e. The first-order chi connectivity index (χ1) is 7.86. The quantitative estimate of drug-likeness (QED) is 0.866. The van der Waals surface area contributed by atoms with Crippen molar-refractivity contribution >= 4 is 11.3 Å². The summed E-state index contributed by atoms with van der Waals surface area (Å²) in [4.78, 5) is 5.58. The number of nitrogens with two attached hydrogens (primary N) is 1. The largest absolute Gasteiger partial charge is 0.325 e. The topological polar surface area (TPSA) is 43.8 Å². The van der Waals surface area contributed by atoms with E-state index in [9.17, 15) is 0 Å². The van der Waals surface area contributed by atoms with Crippen LogP contribution in [-0.2, 0) is 6.54 Å². The van der Waals surface area contributed by atoms with Crippen LogP contribution >= 0.6 is 11.3 Å². The molecule has 0 aromatic carbocycles. The molecule has 0 amide bonds. The average molecular weight is 235 g/mol. The Kier molecular flexibility index (Phi) is 3.74. The number of rotatable bonds is 5. The molecule has 86 valence electrons. The molecule has 0 bridgehead atoms. The van der Waals surface area contributed by atoms with Crippen molar-refractivity contribution in [2.75, 3.05) is 0 Å². The molecule has 2 aromatic rings. The van der Waals surface area contributed by atoms with Crippen LogP contribution in [0.15, 0.2) is 30.0 Å². The zero-order valence-corrected chi connectivity index (χ0v) is 10.3.